The van der Waals surface area contributed by atoms with Crippen LogP contribution in [0.1, 0.15) is 11.1 Å². The van der Waals surface area contributed by atoms with Gasteiger partial charge in [0.15, 0.2) is 11.5 Å². The van der Waals surface area contributed by atoms with E-state index in [2.05, 4.69) is 16.2 Å². The van der Waals surface area contributed by atoms with Crippen LogP contribution in [0.5, 0.6) is 11.5 Å². The van der Waals surface area contributed by atoms with Crippen LogP contribution < -0.4 is 10.5 Å². The number of methoxy groups -OCH3 is 1. The van der Waals surface area contributed by atoms with Crippen molar-refractivity contribution in [3.05, 3.63) is 40.7 Å². The highest BCUT2D eigenvalue weighted by atomic mass is 35.5. The van der Waals surface area contributed by atoms with Gasteiger partial charge in [-0.15, -0.1) is 0 Å². The van der Waals surface area contributed by atoms with Crippen LogP contribution in [0.15, 0.2) is 24.5 Å². The number of nitrogens with two attached hydrogens (primary N) is 1. The van der Waals surface area contributed by atoms with Crippen LogP contribution in [-0.4, -0.2) is 27.0 Å². The molecule has 8 heteroatoms. The number of aromatic nitrogens is 3. The monoisotopic (exact) mass is 369 g/mol. The SMILES string of the molecule is COc1cc(-c2c(C)c(-c3cnn(C)c3)nc(N)c2C#N)c(Cl)cc1O. The van der Waals surface area contributed by atoms with Crippen molar-refractivity contribution in [3.63, 3.8) is 0 Å². The lowest BCUT2D eigenvalue weighted by Crippen LogP contribution is -2.03. The first-order valence-electron chi connectivity index (χ1n) is 7.63. The van der Waals surface area contributed by atoms with Crippen molar-refractivity contribution in [2.75, 3.05) is 12.8 Å². The van der Waals surface area contributed by atoms with E-state index < -0.39 is 0 Å². The number of halogens is 1. The van der Waals surface area contributed by atoms with E-state index >= 15 is 0 Å². The number of nitrogen functional groups attached to an aromatic ring is 1. The molecule has 7 nitrogen and oxygen atoms in total. The molecular weight excluding hydrogens is 354 g/mol. The molecule has 3 rings (SSSR count). The molecule has 0 atom stereocenters. The summed E-state index contributed by atoms with van der Waals surface area (Å²) in [6.45, 7) is 1.83. The quantitative estimate of drug-likeness (QED) is 0.733. The molecule has 0 fully saturated rings. The molecule has 0 bridgehead atoms. The number of hydrogen-bond acceptors (Lipinski definition) is 6. The second-order valence-electron chi connectivity index (χ2n) is 5.74. The second-order valence-corrected chi connectivity index (χ2v) is 6.15. The highest BCUT2D eigenvalue weighted by Gasteiger charge is 2.22. The Balaban J connectivity index is 2.37. The van der Waals surface area contributed by atoms with Crippen LogP contribution in [0.2, 0.25) is 5.02 Å². The van der Waals surface area contributed by atoms with Crippen molar-refractivity contribution in [1.82, 2.24) is 14.8 Å². The van der Waals surface area contributed by atoms with Crippen molar-refractivity contribution in [2.45, 2.75) is 6.92 Å². The van der Waals surface area contributed by atoms with Gasteiger partial charge in [0.1, 0.15) is 17.5 Å². The summed E-state index contributed by atoms with van der Waals surface area (Å²) >= 11 is 6.35. The maximum atomic E-state index is 9.93. The van der Waals surface area contributed by atoms with Gasteiger partial charge < -0.3 is 15.6 Å². The van der Waals surface area contributed by atoms with Crippen molar-refractivity contribution >= 4 is 17.4 Å². The Labute approximate surface area is 155 Å². The Bertz CT molecular complexity index is 1050. The second kappa shape index (κ2) is 6.58. The predicted molar refractivity (Wildman–Crippen MR) is 99.0 cm³/mol. The molecule has 0 amide bonds. The number of rotatable bonds is 3. The summed E-state index contributed by atoms with van der Waals surface area (Å²) in [5, 5.41) is 24.0. The zero-order valence-electron chi connectivity index (χ0n) is 14.4. The van der Waals surface area contributed by atoms with Crippen LogP contribution in [0.4, 0.5) is 5.82 Å². The van der Waals surface area contributed by atoms with Crippen molar-refractivity contribution in [3.8, 4) is 40.0 Å². The maximum Gasteiger partial charge on any atom is 0.161 e. The van der Waals surface area contributed by atoms with E-state index in [0.717, 1.165) is 11.1 Å². The molecule has 3 N–H and O–H groups in total. The summed E-state index contributed by atoms with van der Waals surface area (Å²) in [5.41, 5.74) is 9.42. The van der Waals surface area contributed by atoms with Crippen molar-refractivity contribution in [1.29, 1.82) is 5.26 Å². The molecule has 0 unspecified atom stereocenters. The zero-order chi connectivity index (χ0) is 19.0. The molecule has 0 spiro atoms. The minimum Gasteiger partial charge on any atom is -0.504 e. The van der Waals surface area contributed by atoms with Gasteiger partial charge in [0.05, 0.1) is 24.0 Å². The van der Waals surface area contributed by atoms with Gasteiger partial charge in [-0.25, -0.2) is 4.98 Å². The third-order valence-electron chi connectivity index (χ3n) is 4.10. The third-order valence-corrected chi connectivity index (χ3v) is 4.41. The first-order valence-corrected chi connectivity index (χ1v) is 8.01. The molecule has 0 aliphatic carbocycles. The average Bonchev–Trinajstić information content (AvgIpc) is 3.03. The molecule has 2 aromatic heterocycles. The number of hydrogen-bond donors (Lipinski definition) is 2. The molecule has 0 radical (unpaired) electrons. The Morgan fingerprint density at radius 1 is 1.38 bits per heavy atom. The minimum absolute atomic E-state index is 0.0908. The van der Waals surface area contributed by atoms with E-state index in [1.165, 1.54) is 13.2 Å². The maximum absolute atomic E-state index is 9.93. The number of phenolic OH excluding ortho intramolecular Hbond substituents is 1. The molecule has 3 aromatic rings. The summed E-state index contributed by atoms with van der Waals surface area (Å²) in [6.07, 6.45) is 3.48. The highest BCUT2D eigenvalue weighted by Crippen LogP contribution is 2.42. The Hall–Kier alpha value is -3.24. The van der Waals surface area contributed by atoms with E-state index in [4.69, 9.17) is 22.1 Å². The van der Waals surface area contributed by atoms with Crippen LogP contribution >= 0.6 is 11.6 Å². The number of nitriles is 1. The van der Waals surface area contributed by atoms with Gasteiger partial charge in [-0.05, 0) is 18.6 Å². The van der Waals surface area contributed by atoms with Gasteiger partial charge in [0, 0.05) is 36.0 Å². The normalized spacial score (nSPS) is 10.6. The van der Waals surface area contributed by atoms with Crippen LogP contribution in [-0.2, 0) is 7.05 Å². The fourth-order valence-corrected chi connectivity index (χ4v) is 3.12. The molecule has 0 aliphatic rings. The predicted octanol–water partition coefficient (Wildman–Crippen LogP) is 3.28. The Morgan fingerprint density at radius 3 is 2.69 bits per heavy atom. The number of phenols is 1. The van der Waals surface area contributed by atoms with E-state index in [1.807, 2.05) is 13.1 Å². The number of pyridine rings is 1. The van der Waals surface area contributed by atoms with Crippen molar-refractivity contribution < 1.29 is 9.84 Å². The highest BCUT2D eigenvalue weighted by molar-refractivity contribution is 6.33. The van der Waals surface area contributed by atoms with E-state index in [-0.39, 0.29) is 27.9 Å². The molecule has 0 aliphatic heterocycles. The standard InChI is InChI=1S/C18H16ClN5O2/c1-9-16(11-4-15(26-3)14(25)5-13(11)19)12(6-20)18(21)23-17(9)10-7-22-24(2)8-10/h4-5,7-8,25H,1-3H3,(H2,21,23). The van der Waals surface area contributed by atoms with Crippen LogP contribution in [0.25, 0.3) is 22.4 Å². The van der Waals surface area contributed by atoms with E-state index in [9.17, 15) is 10.4 Å². The molecule has 26 heavy (non-hydrogen) atoms. The number of ether oxygens (including phenoxy) is 1. The molecule has 2 heterocycles. The number of nitrogens with zero attached hydrogens (tertiary/aromatic N) is 4. The summed E-state index contributed by atoms with van der Waals surface area (Å²) in [7, 11) is 3.24. The topological polar surface area (TPSA) is 110 Å². The summed E-state index contributed by atoms with van der Waals surface area (Å²) in [6, 6.07) is 5.04. The number of aromatic hydroxyl groups is 1. The average molecular weight is 370 g/mol. The van der Waals surface area contributed by atoms with Gasteiger partial charge in [-0.1, -0.05) is 11.6 Å². The van der Waals surface area contributed by atoms with Gasteiger partial charge in [-0.3, -0.25) is 4.68 Å². The molecular formula is C18H16ClN5O2. The van der Waals surface area contributed by atoms with Crippen LogP contribution in [0, 0.1) is 18.3 Å². The molecule has 0 saturated heterocycles. The van der Waals surface area contributed by atoms with Gasteiger partial charge >= 0.3 is 0 Å². The fourth-order valence-electron chi connectivity index (χ4n) is 2.87. The summed E-state index contributed by atoms with van der Waals surface area (Å²) < 4.78 is 6.83. The number of benzene rings is 1. The van der Waals surface area contributed by atoms with Crippen molar-refractivity contribution in [2.24, 2.45) is 7.05 Å². The molecule has 0 saturated carbocycles. The lowest BCUT2D eigenvalue weighted by Gasteiger charge is -2.16. The third kappa shape index (κ3) is 2.80. The Kier molecular flexibility index (Phi) is 4.45. The number of aryl methyl sites for hydroxylation is 1. The number of anilines is 1. The summed E-state index contributed by atoms with van der Waals surface area (Å²) in [5.74, 6) is 0.244. The lowest BCUT2D eigenvalue weighted by atomic mass is 9.93. The minimum atomic E-state index is -0.0908. The Morgan fingerprint density at radius 2 is 2.12 bits per heavy atom. The lowest BCUT2D eigenvalue weighted by molar-refractivity contribution is 0.373. The van der Waals surface area contributed by atoms with E-state index in [0.29, 0.717) is 16.8 Å². The van der Waals surface area contributed by atoms with Gasteiger partial charge in [0.25, 0.3) is 0 Å². The molecule has 1 aromatic carbocycles. The van der Waals surface area contributed by atoms with Gasteiger partial charge in [0.2, 0.25) is 0 Å². The van der Waals surface area contributed by atoms with E-state index in [1.54, 1.807) is 24.0 Å². The largest absolute Gasteiger partial charge is 0.504 e. The van der Waals surface area contributed by atoms with Crippen LogP contribution in [0.3, 0.4) is 0 Å². The molecule has 132 valence electrons. The first-order chi connectivity index (χ1) is 12.4. The fraction of sp³-hybridized carbons (Fsp3) is 0.167. The smallest absolute Gasteiger partial charge is 0.161 e. The first kappa shape index (κ1) is 17.6. The summed E-state index contributed by atoms with van der Waals surface area (Å²) in [4.78, 5) is 4.38. The van der Waals surface area contributed by atoms with Gasteiger partial charge in [-0.2, -0.15) is 10.4 Å². The zero-order valence-corrected chi connectivity index (χ0v) is 15.2.